The minimum absolute atomic E-state index is 0.0926. The third-order valence-corrected chi connectivity index (χ3v) is 6.12. The molecule has 1 amide bonds. The summed E-state index contributed by atoms with van der Waals surface area (Å²) in [7, 11) is 0. The van der Waals surface area contributed by atoms with Crippen LogP contribution in [0.3, 0.4) is 0 Å². The van der Waals surface area contributed by atoms with Gasteiger partial charge in [-0.1, -0.05) is 55.8 Å². The van der Waals surface area contributed by atoms with Crippen molar-refractivity contribution in [1.29, 1.82) is 0 Å². The van der Waals surface area contributed by atoms with Crippen LogP contribution in [-0.2, 0) is 13.1 Å². The highest BCUT2D eigenvalue weighted by atomic mass is 35.5. The van der Waals surface area contributed by atoms with Gasteiger partial charge in [-0.15, -0.1) is 0 Å². The molecule has 3 aromatic rings. The van der Waals surface area contributed by atoms with E-state index in [-0.39, 0.29) is 23.4 Å². The summed E-state index contributed by atoms with van der Waals surface area (Å²) in [4.78, 5) is 28.3. The van der Waals surface area contributed by atoms with Crippen LogP contribution >= 0.6 is 11.6 Å². The SMILES string of the molecule is CC(C)Cn1nc(C(=O)NC2CCN(Cc3ccc(Cl)cc3)CC2)c2ccccc2c1=O. The van der Waals surface area contributed by atoms with Crippen LogP contribution in [0.15, 0.2) is 53.3 Å². The number of amides is 1. The van der Waals surface area contributed by atoms with E-state index in [0.29, 0.717) is 23.0 Å². The highest BCUT2D eigenvalue weighted by Gasteiger charge is 2.24. The number of nitrogens with one attached hydrogen (secondary N) is 1. The molecule has 1 fully saturated rings. The fraction of sp³-hybridized carbons (Fsp3) is 0.400. The normalized spacial score (nSPS) is 15.4. The van der Waals surface area contributed by atoms with E-state index >= 15 is 0 Å². The fourth-order valence-corrected chi connectivity index (χ4v) is 4.34. The third kappa shape index (κ3) is 5.19. The number of rotatable bonds is 6. The molecule has 7 heteroatoms. The van der Waals surface area contributed by atoms with Crippen molar-refractivity contribution >= 4 is 28.3 Å². The van der Waals surface area contributed by atoms with Gasteiger partial charge in [0.15, 0.2) is 5.69 Å². The Morgan fingerprint density at radius 1 is 1.09 bits per heavy atom. The summed E-state index contributed by atoms with van der Waals surface area (Å²) in [5, 5.41) is 9.50. The van der Waals surface area contributed by atoms with Gasteiger partial charge in [0.25, 0.3) is 11.5 Å². The lowest BCUT2D eigenvalue weighted by molar-refractivity contribution is 0.0903. The second kappa shape index (κ2) is 9.84. The van der Waals surface area contributed by atoms with E-state index in [1.54, 1.807) is 12.1 Å². The Morgan fingerprint density at radius 2 is 1.75 bits per heavy atom. The van der Waals surface area contributed by atoms with E-state index < -0.39 is 0 Å². The lowest BCUT2D eigenvalue weighted by atomic mass is 10.0. The molecule has 2 aromatic carbocycles. The maximum Gasteiger partial charge on any atom is 0.274 e. The number of aromatic nitrogens is 2. The second-order valence-corrected chi connectivity index (χ2v) is 9.36. The molecule has 0 radical (unpaired) electrons. The van der Waals surface area contributed by atoms with Gasteiger partial charge in [0.2, 0.25) is 0 Å². The van der Waals surface area contributed by atoms with Crippen molar-refractivity contribution in [1.82, 2.24) is 20.0 Å². The Kier molecular flexibility index (Phi) is 6.92. The van der Waals surface area contributed by atoms with Crippen LogP contribution in [0.25, 0.3) is 10.8 Å². The molecule has 1 aromatic heterocycles. The highest BCUT2D eigenvalue weighted by molar-refractivity contribution is 6.30. The van der Waals surface area contributed by atoms with Gasteiger partial charge in [-0.25, -0.2) is 4.68 Å². The zero-order valence-corrected chi connectivity index (χ0v) is 19.3. The van der Waals surface area contributed by atoms with Crippen LogP contribution in [0.1, 0.15) is 42.7 Å². The maximum atomic E-state index is 13.2. The lowest BCUT2D eigenvalue weighted by Gasteiger charge is -2.32. The topological polar surface area (TPSA) is 67.2 Å². The Bertz CT molecular complexity index is 1150. The molecule has 0 unspecified atom stereocenters. The summed E-state index contributed by atoms with van der Waals surface area (Å²) in [6.45, 7) is 7.24. The predicted octanol–water partition coefficient (Wildman–Crippen LogP) is 4.10. The number of piperidine rings is 1. The van der Waals surface area contributed by atoms with E-state index in [2.05, 4.69) is 27.4 Å². The van der Waals surface area contributed by atoms with Crippen LogP contribution in [0, 0.1) is 5.92 Å². The fourth-order valence-electron chi connectivity index (χ4n) is 4.21. The van der Waals surface area contributed by atoms with Crippen LogP contribution < -0.4 is 10.9 Å². The minimum Gasteiger partial charge on any atom is -0.348 e. The Balaban J connectivity index is 1.44. The largest absolute Gasteiger partial charge is 0.348 e. The van der Waals surface area contributed by atoms with Gasteiger partial charge >= 0.3 is 0 Å². The van der Waals surface area contributed by atoms with Gasteiger partial charge in [-0.3, -0.25) is 14.5 Å². The first-order chi connectivity index (χ1) is 15.4. The van der Waals surface area contributed by atoms with Gasteiger partial charge in [-0.05, 0) is 42.5 Å². The van der Waals surface area contributed by atoms with E-state index in [1.165, 1.54) is 10.2 Å². The summed E-state index contributed by atoms with van der Waals surface area (Å²) in [5.74, 6) is 0.0390. The molecule has 0 spiro atoms. The van der Waals surface area contributed by atoms with Crippen LogP contribution in [-0.4, -0.2) is 39.7 Å². The smallest absolute Gasteiger partial charge is 0.274 e. The number of fused-ring (bicyclic) bond motifs is 1. The van der Waals surface area contributed by atoms with Crippen LogP contribution in [0.5, 0.6) is 0 Å². The van der Waals surface area contributed by atoms with Crippen molar-refractivity contribution in [3.05, 3.63) is 75.2 Å². The first-order valence-electron chi connectivity index (χ1n) is 11.2. The average Bonchev–Trinajstić information content (AvgIpc) is 2.78. The molecule has 0 saturated carbocycles. The molecule has 1 saturated heterocycles. The Morgan fingerprint density at radius 3 is 2.41 bits per heavy atom. The molecule has 1 N–H and O–H groups in total. The summed E-state index contributed by atoms with van der Waals surface area (Å²) in [6.07, 6.45) is 1.76. The third-order valence-electron chi connectivity index (χ3n) is 5.86. The number of likely N-dealkylation sites (tertiary alicyclic amines) is 1. The molecular formula is C25H29ClN4O2. The second-order valence-electron chi connectivity index (χ2n) is 8.93. The summed E-state index contributed by atoms with van der Waals surface area (Å²) < 4.78 is 1.43. The predicted molar refractivity (Wildman–Crippen MR) is 128 cm³/mol. The maximum absolute atomic E-state index is 13.2. The van der Waals surface area contributed by atoms with Crippen molar-refractivity contribution < 1.29 is 4.79 Å². The van der Waals surface area contributed by atoms with E-state index in [9.17, 15) is 9.59 Å². The molecule has 32 heavy (non-hydrogen) atoms. The molecule has 0 atom stereocenters. The lowest BCUT2D eigenvalue weighted by Crippen LogP contribution is -2.45. The van der Waals surface area contributed by atoms with Gasteiger partial charge in [-0.2, -0.15) is 5.10 Å². The monoisotopic (exact) mass is 452 g/mol. The first kappa shape index (κ1) is 22.5. The molecule has 2 heterocycles. The quantitative estimate of drug-likeness (QED) is 0.611. The highest BCUT2D eigenvalue weighted by Crippen LogP contribution is 2.18. The van der Waals surface area contributed by atoms with Crippen molar-refractivity contribution in [2.45, 2.75) is 45.8 Å². The zero-order chi connectivity index (χ0) is 22.7. The zero-order valence-electron chi connectivity index (χ0n) is 18.6. The Hall–Kier alpha value is -2.70. The number of halogens is 1. The summed E-state index contributed by atoms with van der Waals surface area (Å²) in [6, 6.07) is 15.3. The molecule has 6 nitrogen and oxygen atoms in total. The number of hydrogen-bond acceptors (Lipinski definition) is 4. The van der Waals surface area contributed by atoms with Crippen molar-refractivity contribution in [3.8, 4) is 0 Å². The summed E-state index contributed by atoms with van der Waals surface area (Å²) >= 11 is 5.97. The van der Waals surface area contributed by atoms with Gasteiger partial charge in [0, 0.05) is 42.6 Å². The number of carbonyl (C=O) groups is 1. The minimum atomic E-state index is -0.213. The van der Waals surface area contributed by atoms with Crippen LogP contribution in [0.4, 0.5) is 0 Å². The van der Waals surface area contributed by atoms with E-state index in [0.717, 1.165) is 37.5 Å². The molecule has 0 bridgehead atoms. The van der Waals surface area contributed by atoms with Crippen LogP contribution in [0.2, 0.25) is 5.02 Å². The molecule has 168 valence electrons. The molecule has 1 aliphatic rings. The van der Waals surface area contributed by atoms with Gasteiger partial charge in [0.1, 0.15) is 0 Å². The molecule has 1 aliphatic heterocycles. The Labute approximate surface area is 193 Å². The number of nitrogens with zero attached hydrogens (tertiary/aromatic N) is 3. The van der Waals surface area contributed by atoms with Crippen molar-refractivity contribution in [2.75, 3.05) is 13.1 Å². The summed E-state index contributed by atoms with van der Waals surface area (Å²) in [5.41, 5.74) is 1.41. The number of hydrogen-bond donors (Lipinski definition) is 1. The van der Waals surface area contributed by atoms with E-state index in [4.69, 9.17) is 11.6 Å². The number of carbonyl (C=O) groups excluding carboxylic acids is 1. The van der Waals surface area contributed by atoms with Gasteiger partial charge < -0.3 is 5.32 Å². The molecular weight excluding hydrogens is 424 g/mol. The molecule has 4 rings (SSSR count). The van der Waals surface area contributed by atoms with Crippen molar-refractivity contribution in [2.24, 2.45) is 5.92 Å². The first-order valence-corrected chi connectivity index (χ1v) is 11.6. The van der Waals surface area contributed by atoms with E-state index in [1.807, 2.05) is 38.1 Å². The average molecular weight is 453 g/mol. The standard InChI is InChI=1S/C25H29ClN4O2/c1-17(2)15-30-25(32)22-6-4-3-5-21(22)23(28-30)24(31)27-20-11-13-29(14-12-20)16-18-7-9-19(26)10-8-18/h3-10,17,20H,11-16H2,1-2H3,(H,27,31). The van der Waals surface area contributed by atoms with Gasteiger partial charge in [0.05, 0.1) is 5.39 Å². The number of benzene rings is 2. The molecule has 0 aliphatic carbocycles. The van der Waals surface area contributed by atoms with Crippen molar-refractivity contribution in [3.63, 3.8) is 0 Å².